The number of aliphatic imine (C=N–C) groups is 1. The molecule has 0 aliphatic carbocycles. The van der Waals surface area contributed by atoms with Crippen LogP contribution in [0.4, 0.5) is 0 Å². The molecule has 0 amide bonds. The van der Waals surface area contributed by atoms with Crippen LogP contribution in [0.2, 0.25) is 0 Å². The molecular weight excluding hydrogens is 456 g/mol. The summed E-state index contributed by atoms with van der Waals surface area (Å²) in [7, 11) is -10.4. The van der Waals surface area contributed by atoms with Gasteiger partial charge < -0.3 is 0 Å². The summed E-state index contributed by atoms with van der Waals surface area (Å²) in [6, 6.07) is 20.6. The van der Waals surface area contributed by atoms with E-state index in [2.05, 4.69) is 9.98 Å². The van der Waals surface area contributed by atoms with Crippen LogP contribution in [-0.2, 0) is 20.6 Å². The molecule has 0 spiro atoms. The first-order valence-corrected chi connectivity index (χ1v) is 11.9. The molecule has 0 fully saturated rings. The lowest BCUT2D eigenvalue weighted by molar-refractivity contribution is 0.258. The minimum Gasteiger partial charge on any atom is -0.268 e. The van der Waals surface area contributed by atoms with Crippen LogP contribution in [-0.4, -0.2) is 45.6 Å². The number of hydrogen-bond donors (Lipinski definition) is 2. The maximum absolute atomic E-state index is 12.2. The van der Waals surface area contributed by atoms with Gasteiger partial charge in [-0.05, 0) is 23.3 Å². The second kappa shape index (κ2) is 8.16. The highest BCUT2D eigenvalue weighted by molar-refractivity contribution is 7.86. The number of nitrogens with zero attached hydrogens (tertiary/aromatic N) is 4. The molecule has 1 aliphatic heterocycles. The zero-order chi connectivity index (χ0) is 22.9. The fraction of sp³-hybridized carbons (Fsp3) is 0. The van der Waals surface area contributed by atoms with Crippen molar-refractivity contribution < 1.29 is 25.9 Å². The van der Waals surface area contributed by atoms with Gasteiger partial charge in [0.25, 0.3) is 0 Å². The molecule has 1 aliphatic rings. The van der Waals surface area contributed by atoms with Crippen molar-refractivity contribution in [1.82, 2.24) is 13.8 Å². The summed E-state index contributed by atoms with van der Waals surface area (Å²) >= 11 is 0. The van der Waals surface area contributed by atoms with Crippen molar-refractivity contribution in [2.24, 2.45) is 4.99 Å². The number of hydrazine groups is 1. The summed E-state index contributed by atoms with van der Waals surface area (Å²) in [5, 5.41) is 0. The standard InChI is InChI=1S/C20H16N4O6S2/c25-31(26,27)23-14-19(16-9-5-2-6-10-16)22-20(24(23)32(28,29)30)18-13-17(11-12-21-18)15-7-3-1-4-8-15/h1-14H,(H,25,26,27)(H,28,29,30). The van der Waals surface area contributed by atoms with Gasteiger partial charge in [-0.3, -0.25) is 14.1 Å². The lowest BCUT2D eigenvalue weighted by Crippen LogP contribution is -2.51. The molecule has 164 valence electrons. The summed E-state index contributed by atoms with van der Waals surface area (Å²) in [6.45, 7) is 0. The highest BCUT2D eigenvalue weighted by Crippen LogP contribution is 2.29. The maximum atomic E-state index is 12.2. The predicted octanol–water partition coefficient (Wildman–Crippen LogP) is 2.63. The quantitative estimate of drug-likeness (QED) is 0.544. The lowest BCUT2D eigenvalue weighted by atomic mass is 10.1. The van der Waals surface area contributed by atoms with Gasteiger partial charge in [0, 0.05) is 11.8 Å². The number of pyridine rings is 1. The van der Waals surface area contributed by atoms with Gasteiger partial charge in [0.2, 0.25) is 0 Å². The number of aromatic nitrogens is 1. The van der Waals surface area contributed by atoms with Crippen LogP contribution in [0, 0.1) is 0 Å². The molecule has 12 heteroatoms. The molecule has 0 saturated heterocycles. The average molecular weight is 473 g/mol. The summed E-state index contributed by atoms with van der Waals surface area (Å²) in [5.74, 6) is -0.524. The molecule has 3 aromatic rings. The van der Waals surface area contributed by atoms with Crippen molar-refractivity contribution in [1.29, 1.82) is 0 Å². The Labute approximate surface area is 184 Å². The third kappa shape index (κ3) is 4.38. The van der Waals surface area contributed by atoms with E-state index in [-0.39, 0.29) is 20.2 Å². The van der Waals surface area contributed by atoms with Crippen molar-refractivity contribution in [2.45, 2.75) is 0 Å². The maximum Gasteiger partial charge on any atom is 0.380 e. The Kier molecular flexibility index (Phi) is 5.52. The Morgan fingerprint density at radius 2 is 1.31 bits per heavy atom. The molecule has 0 unspecified atom stereocenters. The van der Waals surface area contributed by atoms with E-state index in [0.29, 0.717) is 11.1 Å². The SMILES string of the molecule is O=S(=O)(O)N1C=C(c2ccccc2)N=C(c2cc(-c3ccccc3)ccn2)N1S(=O)(=O)O. The Morgan fingerprint density at radius 3 is 1.88 bits per heavy atom. The van der Waals surface area contributed by atoms with Gasteiger partial charge in [-0.2, -0.15) is 16.8 Å². The van der Waals surface area contributed by atoms with Crippen molar-refractivity contribution in [3.8, 4) is 11.1 Å². The topological polar surface area (TPSA) is 140 Å². The molecule has 1 aromatic heterocycles. The highest BCUT2D eigenvalue weighted by Gasteiger charge is 2.40. The Hall–Kier alpha value is -3.58. The fourth-order valence-electron chi connectivity index (χ4n) is 3.07. The van der Waals surface area contributed by atoms with Gasteiger partial charge in [0.15, 0.2) is 5.84 Å². The third-order valence-corrected chi connectivity index (χ3v) is 6.07. The first-order valence-electron chi connectivity index (χ1n) is 9.07. The molecule has 0 radical (unpaired) electrons. The minimum absolute atomic E-state index is 0.0100. The van der Waals surface area contributed by atoms with Crippen LogP contribution in [0.15, 0.2) is 90.2 Å². The van der Waals surface area contributed by atoms with Gasteiger partial charge in [-0.15, -0.1) is 8.83 Å². The zero-order valence-electron chi connectivity index (χ0n) is 16.2. The first kappa shape index (κ1) is 21.6. The van der Waals surface area contributed by atoms with Crippen molar-refractivity contribution in [2.75, 3.05) is 0 Å². The van der Waals surface area contributed by atoms with Crippen LogP contribution >= 0.6 is 0 Å². The van der Waals surface area contributed by atoms with Crippen LogP contribution in [0.25, 0.3) is 16.8 Å². The molecular formula is C20H16N4O6S2. The van der Waals surface area contributed by atoms with Gasteiger partial charge in [-0.25, -0.2) is 4.99 Å². The normalized spacial score (nSPS) is 14.7. The van der Waals surface area contributed by atoms with E-state index in [4.69, 9.17) is 0 Å². The lowest BCUT2D eigenvalue weighted by Gasteiger charge is -2.32. The van der Waals surface area contributed by atoms with E-state index in [0.717, 1.165) is 11.8 Å². The number of amidine groups is 1. The van der Waals surface area contributed by atoms with Crippen LogP contribution in [0.5, 0.6) is 0 Å². The Balaban J connectivity index is 1.95. The van der Waals surface area contributed by atoms with E-state index in [1.165, 1.54) is 12.3 Å². The molecule has 0 saturated carbocycles. The van der Waals surface area contributed by atoms with Gasteiger partial charge >= 0.3 is 20.6 Å². The zero-order valence-corrected chi connectivity index (χ0v) is 17.8. The summed E-state index contributed by atoms with van der Waals surface area (Å²) < 4.78 is 67.8. The smallest absolute Gasteiger partial charge is 0.268 e. The Bertz CT molecular complexity index is 1420. The fourth-order valence-corrected chi connectivity index (χ4v) is 4.68. The van der Waals surface area contributed by atoms with Crippen molar-refractivity contribution in [3.63, 3.8) is 0 Å². The number of hydrogen-bond acceptors (Lipinski definition) is 6. The second-order valence-corrected chi connectivity index (χ2v) is 9.09. The van der Waals surface area contributed by atoms with Crippen molar-refractivity contribution >= 4 is 32.1 Å². The minimum atomic E-state index is -5.23. The van der Waals surface area contributed by atoms with Gasteiger partial charge in [0.05, 0.1) is 11.9 Å². The average Bonchev–Trinajstić information content (AvgIpc) is 2.78. The summed E-state index contributed by atoms with van der Waals surface area (Å²) in [4.78, 5) is 8.37. The van der Waals surface area contributed by atoms with E-state index < -0.39 is 26.4 Å². The molecule has 2 aromatic carbocycles. The van der Waals surface area contributed by atoms with E-state index in [9.17, 15) is 25.9 Å². The second-order valence-electron chi connectivity index (χ2n) is 6.58. The predicted molar refractivity (Wildman–Crippen MR) is 117 cm³/mol. The van der Waals surface area contributed by atoms with Gasteiger partial charge in [-0.1, -0.05) is 60.7 Å². The van der Waals surface area contributed by atoms with E-state index in [1.54, 1.807) is 36.4 Å². The summed E-state index contributed by atoms with van der Waals surface area (Å²) in [6.07, 6.45) is 2.17. The first-order chi connectivity index (χ1) is 15.1. The third-order valence-electron chi connectivity index (χ3n) is 4.44. The molecule has 4 rings (SSSR count). The largest absolute Gasteiger partial charge is 0.380 e. The summed E-state index contributed by atoms with van der Waals surface area (Å²) in [5.41, 5.74) is 1.83. The molecule has 2 N–H and O–H groups in total. The van der Waals surface area contributed by atoms with E-state index >= 15 is 0 Å². The molecule has 0 atom stereocenters. The number of benzene rings is 2. The highest BCUT2D eigenvalue weighted by atomic mass is 32.2. The van der Waals surface area contributed by atoms with Crippen LogP contribution in [0.3, 0.4) is 0 Å². The molecule has 0 bridgehead atoms. The molecule has 32 heavy (non-hydrogen) atoms. The number of rotatable bonds is 5. The van der Waals surface area contributed by atoms with E-state index in [1.807, 2.05) is 30.3 Å². The molecule has 10 nitrogen and oxygen atoms in total. The van der Waals surface area contributed by atoms with Crippen molar-refractivity contribution in [3.05, 3.63) is 96.5 Å². The van der Waals surface area contributed by atoms with Crippen LogP contribution < -0.4 is 0 Å². The van der Waals surface area contributed by atoms with Crippen LogP contribution in [0.1, 0.15) is 11.3 Å². The Morgan fingerprint density at radius 1 is 0.719 bits per heavy atom. The molecule has 2 heterocycles. The van der Waals surface area contributed by atoms with Gasteiger partial charge in [0.1, 0.15) is 5.69 Å². The monoisotopic (exact) mass is 472 g/mol.